The number of allylic oxidation sites excluding steroid dienone is 1. The number of hydrogen-bond donors (Lipinski definition) is 4. The minimum atomic E-state index is -0.424. The van der Waals surface area contributed by atoms with Crippen LogP contribution < -0.4 is 16.4 Å². The maximum absolute atomic E-state index is 12.3. The van der Waals surface area contributed by atoms with Gasteiger partial charge in [-0.25, -0.2) is 0 Å². The van der Waals surface area contributed by atoms with Crippen LogP contribution in [-0.4, -0.2) is 30.3 Å². The second-order valence-corrected chi connectivity index (χ2v) is 7.23. The molecule has 2 saturated heterocycles. The largest absolute Gasteiger partial charge is 0.402 e. The van der Waals surface area contributed by atoms with E-state index in [2.05, 4.69) is 10.6 Å². The molecular weight excluding hydrogens is 316 g/mol. The highest BCUT2D eigenvalue weighted by Gasteiger charge is 2.41. The van der Waals surface area contributed by atoms with Crippen molar-refractivity contribution < 1.29 is 9.53 Å². The van der Waals surface area contributed by atoms with E-state index in [1.807, 2.05) is 24.3 Å². The first-order valence-corrected chi connectivity index (χ1v) is 8.88. The zero-order valence-corrected chi connectivity index (χ0v) is 14.3. The fourth-order valence-corrected chi connectivity index (χ4v) is 3.64. The van der Waals surface area contributed by atoms with Crippen LogP contribution in [0.3, 0.4) is 0 Å². The van der Waals surface area contributed by atoms with Gasteiger partial charge in [-0.1, -0.05) is 12.1 Å². The van der Waals surface area contributed by atoms with Gasteiger partial charge in [0.2, 0.25) is 0 Å². The summed E-state index contributed by atoms with van der Waals surface area (Å²) in [6.45, 7) is 2.69. The van der Waals surface area contributed by atoms with Crippen LogP contribution in [0.5, 0.6) is 0 Å². The van der Waals surface area contributed by atoms with Crippen LogP contribution in [0.4, 0.5) is 5.69 Å². The summed E-state index contributed by atoms with van der Waals surface area (Å²) in [7, 11) is 0. The summed E-state index contributed by atoms with van der Waals surface area (Å²) < 4.78 is 5.99. The molecule has 0 radical (unpaired) electrons. The highest BCUT2D eigenvalue weighted by atomic mass is 16.5. The lowest BCUT2D eigenvalue weighted by atomic mass is 10.0. The zero-order valence-electron chi connectivity index (χ0n) is 14.3. The second-order valence-electron chi connectivity index (χ2n) is 7.23. The molecule has 5 N–H and O–H groups in total. The predicted octanol–water partition coefficient (Wildman–Crippen LogP) is 2.09. The third-order valence-electron chi connectivity index (χ3n) is 5.38. The van der Waals surface area contributed by atoms with Crippen LogP contribution in [0.25, 0.3) is 0 Å². The van der Waals surface area contributed by atoms with Crippen molar-refractivity contribution in [1.29, 1.82) is 5.41 Å². The summed E-state index contributed by atoms with van der Waals surface area (Å²) in [4.78, 5) is 12.3. The average Bonchev–Trinajstić information content (AvgIpc) is 3.27. The van der Waals surface area contributed by atoms with E-state index >= 15 is 0 Å². The van der Waals surface area contributed by atoms with Gasteiger partial charge in [-0.05, 0) is 55.4 Å². The molecule has 3 atom stereocenters. The van der Waals surface area contributed by atoms with E-state index < -0.39 is 5.91 Å². The molecule has 1 aromatic carbocycles. The highest BCUT2D eigenvalue weighted by Crippen LogP contribution is 2.37. The van der Waals surface area contributed by atoms with Gasteiger partial charge in [0.05, 0.1) is 12.2 Å². The fourth-order valence-electron chi connectivity index (χ4n) is 3.64. The maximum Gasteiger partial charge on any atom is 0.273 e. The molecule has 1 saturated carbocycles. The van der Waals surface area contributed by atoms with Gasteiger partial charge in [0.25, 0.3) is 5.91 Å². The normalized spacial score (nSPS) is 28.6. The monoisotopic (exact) mass is 340 g/mol. The Hall–Kier alpha value is -2.18. The number of amides is 1. The molecular formula is C19H24N4O2. The predicted molar refractivity (Wildman–Crippen MR) is 96.4 cm³/mol. The Morgan fingerprint density at radius 3 is 2.60 bits per heavy atom. The van der Waals surface area contributed by atoms with E-state index in [-0.39, 0.29) is 11.8 Å². The molecule has 2 heterocycles. The van der Waals surface area contributed by atoms with E-state index in [0.717, 1.165) is 31.4 Å². The van der Waals surface area contributed by atoms with Gasteiger partial charge in [0, 0.05) is 24.0 Å². The van der Waals surface area contributed by atoms with Gasteiger partial charge >= 0.3 is 0 Å². The minimum Gasteiger partial charge on any atom is -0.402 e. The lowest BCUT2D eigenvalue weighted by Crippen LogP contribution is -2.34. The molecule has 1 aromatic rings. The number of rotatable bonds is 5. The standard InChI is InChI=1S/C19H24N4O2/c1-10(16(20)11-2-3-11)17(21)19(24)23-13-6-4-12(5-7-13)18-15-8-14(25-18)9-22-15/h4-7,11,14-15,18,21-22H,2-3,8-9,20H2,1H3,(H,23,24)/b16-10-,21-17?/t14-,15-,18+/m1/s1. The summed E-state index contributed by atoms with van der Waals surface area (Å²) in [6.07, 6.45) is 3.58. The molecule has 2 aliphatic heterocycles. The van der Waals surface area contributed by atoms with Crippen molar-refractivity contribution in [2.24, 2.45) is 11.7 Å². The molecule has 132 valence electrons. The summed E-state index contributed by atoms with van der Waals surface area (Å²) in [5, 5.41) is 14.3. The van der Waals surface area contributed by atoms with Gasteiger partial charge in [0.1, 0.15) is 5.71 Å². The minimum absolute atomic E-state index is 0.0610. The van der Waals surface area contributed by atoms with Crippen molar-refractivity contribution in [3.63, 3.8) is 0 Å². The molecule has 2 bridgehead atoms. The number of benzene rings is 1. The Bertz CT molecular complexity index is 736. The SMILES string of the molecule is C/C(C(=N)C(=O)Nc1ccc([C@@H]2O[C@H]3CN[C@@H]2C3)cc1)=C(/N)C1CC1. The van der Waals surface area contributed by atoms with Crippen LogP contribution in [0.2, 0.25) is 0 Å². The Balaban J connectivity index is 1.40. The summed E-state index contributed by atoms with van der Waals surface area (Å²) in [5.41, 5.74) is 9.00. The van der Waals surface area contributed by atoms with Gasteiger partial charge in [0.15, 0.2) is 0 Å². The summed E-state index contributed by atoms with van der Waals surface area (Å²) in [5.74, 6) is -0.0746. The van der Waals surface area contributed by atoms with Gasteiger partial charge < -0.3 is 21.1 Å². The number of morpholine rings is 1. The number of carbonyl (C=O) groups is 1. The molecule has 3 aliphatic rings. The van der Waals surface area contributed by atoms with Crippen molar-refractivity contribution in [1.82, 2.24) is 5.32 Å². The van der Waals surface area contributed by atoms with Crippen LogP contribution in [-0.2, 0) is 9.53 Å². The molecule has 25 heavy (non-hydrogen) atoms. The molecule has 0 spiro atoms. The van der Waals surface area contributed by atoms with E-state index in [1.165, 1.54) is 0 Å². The Morgan fingerprint density at radius 1 is 1.32 bits per heavy atom. The lowest BCUT2D eigenvalue weighted by Gasteiger charge is -2.23. The van der Waals surface area contributed by atoms with E-state index in [0.29, 0.717) is 35.0 Å². The van der Waals surface area contributed by atoms with Gasteiger partial charge in [-0.3, -0.25) is 10.2 Å². The smallest absolute Gasteiger partial charge is 0.273 e. The number of ether oxygens (including phenoxy) is 1. The molecule has 0 aromatic heterocycles. The number of nitrogens with one attached hydrogen (secondary N) is 3. The van der Waals surface area contributed by atoms with Gasteiger partial charge in [-0.15, -0.1) is 0 Å². The molecule has 1 aliphatic carbocycles. The summed E-state index contributed by atoms with van der Waals surface area (Å²) in [6, 6.07) is 8.07. The second kappa shape index (κ2) is 6.28. The number of nitrogens with two attached hydrogens (primary N) is 1. The fraction of sp³-hybridized carbons (Fsp3) is 0.474. The van der Waals surface area contributed by atoms with E-state index in [4.69, 9.17) is 15.9 Å². The number of fused-ring (bicyclic) bond motifs is 2. The Kier molecular flexibility index (Phi) is 4.09. The van der Waals surface area contributed by atoms with Crippen LogP contribution in [0.15, 0.2) is 35.5 Å². The van der Waals surface area contributed by atoms with Crippen molar-refractivity contribution in [2.45, 2.75) is 44.4 Å². The van der Waals surface area contributed by atoms with Crippen molar-refractivity contribution in [3.05, 3.63) is 41.1 Å². The third-order valence-corrected chi connectivity index (χ3v) is 5.38. The average molecular weight is 340 g/mol. The maximum atomic E-state index is 12.3. The van der Waals surface area contributed by atoms with E-state index in [9.17, 15) is 4.79 Å². The Morgan fingerprint density at radius 2 is 2.04 bits per heavy atom. The van der Waals surface area contributed by atoms with Crippen LogP contribution in [0, 0.1) is 11.3 Å². The first kappa shape index (κ1) is 16.3. The summed E-state index contributed by atoms with van der Waals surface area (Å²) >= 11 is 0. The molecule has 4 rings (SSSR count). The Labute approximate surface area is 147 Å². The van der Waals surface area contributed by atoms with Gasteiger partial charge in [-0.2, -0.15) is 0 Å². The molecule has 1 amide bonds. The quantitative estimate of drug-likeness (QED) is 0.617. The van der Waals surface area contributed by atoms with Crippen molar-refractivity contribution in [3.8, 4) is 0 Å². The topological polar surface area (TPSA) is 100 Å². The molecule has 3 fully saturated rings. The number of carbonyl (C=O) groups excluding carboxylic acids is 1. The third kappa shape index (κ3) is 3.19. The van der Waals surface area contributed by atoms with Crippen molar-refractivity contribution >= 4 is 17.3 Å². The highest BCUT2D eigenvalue weighted by molar-refractivity contribution is 6.47. The molecule has 6 heteroatoms. The lowest BCUT2D eigenvalue weighted by molar-refractivity contribution is -0.110. The van der Waals surface area contributed by atoms with E-state index in [1.54, 1.807) is 6.92 Å². The van der Waals surface area contributed by atoms with Crippen molar-refractivity contribution in [2.75, 3.05) is 11.9 Å². The van der Waals surface area contributed by atoms with Crippen LogP contribution in [0.1, 0.15) is 37.9 Å². The zero-order chi connectivity index (χ0) is 17.6. The number of anilines is 1. The molecule has 0 unspecified atom stereocenters. The first-order valence-electron chi connectivity index (χ1n) is 8.88. The number of hydrogen-bond acceptors (Lipinski definition) is 5. The molecule has 6 nitrogen and oxygen atoms in total. The first-order chi connectivity index (χ1) is 12.0. The van der Waals surface area contributed by atoms with Crippen LogP contribution >= 0.6 is 0 Å².